The summed E-state index contributed by atoms with van der Waals surface area (Å²) in [6.45, 7) is 6.40. The summed E-state index contributed by atoms with van der Waals surface area (Å²) in [5, 5.41) is 4.52. The smallest absolute Gasteiger partial charge is 0.316 e. The van der Waals surface area contributed by atoms with Crippen LogP contribution in [0.5, 0.6) is 5.75 Å². The van der Waals surface area contributed by atoms with Crippen molar-refractivity contribution >= 4 is 17.2 Å². The minimum atomic E-state index is -0.190. The van der Waals surface area contributed by atoms with E-state index < -0.39 is 0 Å². The molecule has 2 aliphatic heterocycles. The van der Waals surface area contributed by atoms with Gasteiger partial charge in [-0.25, -0.2) is 4.37 Å². The molecule has 174 valence electrons. The van der Waals surface area contributed by atoms with Crippen molar-refractivity contribution in [3.8, 4) is 11.4 Å². The first-order valence-electron chi connectivity index (χ1n) is 11.6. The van der Waals surface area contributed by atoms with Gasteiger partial charge in [-0.3, -0.25) is 9.69 Å². The molecule has 2 aromatic heterocycles. The molecule has 5 rings (SSSR count). The largest absolute Gasteiger partial charge is 0.483 e. The Hall–Kier alpha value is -2.75. The molecule has 0 radical (unpaired) electrons. The van der Waals surface area contributed by atoms with Gasteiger partial charge in [0.1, 0.15) is 11.8 Å². The van der Waals surface area contributed by atoms with Gasteiger partial charge in [0.05, 0.1) is 11.9 Å². The van der Waals surface area contributed by atoms with Gasteiger partial charge in [0.2, 0.25) is 5.75 Å². The van der Waals surface area contributed by atoms with Gasteiger partial charge in [-0.15, -0.1) is 0 Å². The molecule has 2 fully saturated rings. The van der Waals surface area contributed by atoms with E-state index in [1.165, 1.54) is 9.56 Å². The molecule has 0 atom stereocenters. The highest BCUT2D eigenvalue weighted by Gasteiger charge is 2.27. The first-order valence-corrected chi connectivity index (χ1v) is 12.3. The molecular weight excluding hydrogens is 436 g/mol. The lowest BCUT2D eigenvalue weighted by Gasteiger charge is -2.37. The number of anilines is 1. The Labute approximate surface area is 198 Å². The van der Waals surface area contributed by atoms with Crippen LogP contribution in [0.3, 0.4) is 0 Å². The van der Waals surface area contributed by atoms with Crippen molar-refractivity contribution in [1.29, 1.82) is 0 Å². The van der Waals surface area contributed by atoms with Crippen LogP contribution in [0.15, 0.2) is 53.6 Å². The predicted octanol–water partition coefficient (Wildman–Crippen LogP) is 2.48. The lowest BCUT2D eigenvalue weighted by atomic mass is 10.1. The van der Waals surface area contributed by atoms with Crippen molar-refractivity contribution in [1.82, 2.24) is 24.0 Å². The van der Waals surface area contributed by atoms with Crippen molar-refractivity contribution in [3.05, 3.63) is 64.0 Å². The van der Waals surface area contributed by atoms with Crippen LogP contribution in [0.1, 0.15) is 17.7 Å². The zero-order chi connectivity index (χ0) is 22.6. The Bertz CT molecular complexity index is 1090. The maximum absolute atomic E-state index is 13.6. The van der Waals surface area contributed by atoms with Gasteiger partial charge in [0.15, 0.2) is 0 Å². The maximum atomic E-state index is 13.6. The van der Waals surface area contributed by atoms with Crippen LogP contribution in [0.4, 0.5) is 5.69 Å². The summed E-state index contributed by atoms with van der Waals surface area (Å²) in [5.74, 6) is 0.430. The van der Waals surface area contributed by atoms with Gasteiger partial charge in [-0.1, -0.05) is 18.2 Å². The second kappa shape index (κ2) is 10.0. The summed E-state index contributed by atoms with van der Waals surface area (Å²) in [7, 11) is 2.13. The number of likely N-dealkylation sites (tertiary alicyclic amines) is 1. The maximum Gasteiger partial charge on any atom is 0.316 e. The molecule has 8 nitrogen and oxygen atoms in total. The Kier molecular flexibility index (Phi) is 6.70. The summed E-state index contributed by atoms with van der Waals surface area (Å²) in [4.78, 5) is 21.8. The van der Waals surface area contributed by atoms with Crippen molar-refractivity contribution in [2.45, 2.75) is 25.5 Å². The third-order valence-corrected chi connectivity index (χ3v) is 7.18. The minimum Gasteiger partial charge on any atom is -0.483 e. The van der Waals surface area contributed by atoms with Gasteiger partial charge in [-0.05, 0) is 49.6 Å². The molecule has 4 heterocycles. The fourth-order valence-corrected chi connectivity index (χ4v) is 5.10. The minimum absolute atomic E-state index is 0.0480. The van der Waals surface area contributed by atoms with Crippen molar-refractivity contribution in [2.75, 3.05) is 51.2 Å². The first kappa shape index (κ1) is 22.1. The Morgan fingerprint density at radius 1 is 1.03 bits per heavy atom. The van der Waals surface area contributed by atoms with Crippen molar-refractivity contribution < 1.29 is 4.74 Å². The second-order valence-electron chi connectivity index (χ2n) is 8.77. The lowest BCUT2D eigenvalue weighted by Crippen LogP contribution is -2.46. The highest BCUT2D eigenvalue weighted by Crippen LogP contribution is 2.28. The van der Waals surface area contributed by atoms with E-state index in [-0.39, 0.29) is 11.7 Å². The molecule has 0 bridgehead atoms. The van der Waals surface area contributed by atoms with Crippen LogP contribution < -0.4 is 15.2 Å². The van der Waals surface area contributed by atoms with E-state index in [2.05, 4.69) is 37.3 Å². The van der Waals surface area contributed by atoms with Gasteiger partial charge in [-0.2, -0.15) is 9.78 Å². The summed E-state index contributed by atoms with van der Waals surface area (Å²) in [6.07, 6.45) is 5.55. The van der Waals surface area contributed by atoms with Crippen LogP contribution in [0, 0.1) is 0 Å². The average molecular weight is 467 g/mol. The van der Waals surface area contributed by atoms with E-state index in [1.807, 2.05) is 36.5 Å². The number of benzene rings is 1. The average Bonchev–Trinajstić information content (AvgIpc) is 3.36. The number of hydrogen-bond acceptors (Lipinski definition) is 8. The van der Waals surface area contributed by atoms with Crippen LogP contribution >= 0.6 is 11.5 Å². The zero-order valence-corrected chi connectivity index (χ0v) is 19.8. The second-order valence-corrected chi connectivity index (χ2v) is 9.69. The van der Waals surface area contributed by atoms with Crippen LogP contribution in [0.2, 0.25) is 0 Å². The Morgan fingerprint density at radius 2 is 1.79 bits per heavy atom. The van der Waals surface area contributed by atoms with E-state index in [0.29, 0.717) is 5.75 Å². The highest BCUT2D eigenvalue weighted by molar-refractivity contribution is 7.05. The number of piperidine rings is 1. The van der Waals surface area contributed by atoms with Crippen LogP contribution in [0.25, 0.3) is 5.69 Å². The number of ether oxygens (including phenoxy) is 1. The quantitative estimate of drug-likeness (QED) is 0.553. The summed E-state index contributed by atoms with van der Waals surface area (Å²) in [5.41, 5.74) is 1.37. The molecule has 3 aromatic rings. The van der Waals surface area contributed by atoms with E-state index >= 15 is 0 Å². The number of hydrogen-bond donors (Lipinski definition) is 0. The fraction of sp³-hybridized carbons (Fsp3) is 0.458. The highest BCUT2D eigenvalue weighted by atomic mass is 32.1. The molecule has 2 aliphatic rings. The summed E-state index contributed by atoms with van der Waals surface area (Å²) in [6, 6.07) is 11.6. The molecular formula is C24H30N6O2S. The van der Waals surface area contributed by atoms with E-state index in [1.54, 1.807) is 17.7 Å². The molecule has 9 heteroatoms. The standard InChI is InChI=1S/C24H30N6O2S/c1-27-11-8-20(9-12-27)32-23-22(17-25-30(24(23)31)19-5-3-2-4-6-19)29-15-13-28(14-16-29)18-21-7-10-26-33-21/h2-7,10,17,20H,8-9,11-16,18H2,1H3. The van der Waals surface area contributed by atoms with Crippen LogP contribution in [-0.2, 0) is 6.54 Å². The van der Waals surface area contributed by atoms with Crippen molar-refractivity contribution in [2.24, 2.45) is 0 Å². The number of nitrogens with zero attached hydrogens (tertiary/aromatic N) is 6. The molecule has 0 saturated carbocycles. The van der Waals surface area contributed by atoms with Gasteiger partial charge in [0, 0.05) is 56.9 Å². The van der Waals surface area contributed by atoms with E-state index in [9.17, 15) is 4.79 Å². The molecule has 0 aliphatic carbocycles. The molecule has 33 heavy (non-hydrogen) atoms. The fourth-order valence-electron chi connectivity index (χ4n) is 4.48. The Morgan fingerprint density at radius 3 is 2.48 bits per heavy atom. The first-order chi connectivity index (χ1) is 16.2. The number of piperazine rings is 1. The summed E-state index contributed by atoms with van der Waals surface area (Å²) < 4.78 is 12.1. The van der Waals surface area contributed by atoms with Gasteiger partial charge < -0.3 is 14.5 Å². The zero-order valence-electron chi connectivity index (χ0n) is 19.0. The number of rotatable bonds is 6. The summed E-state index contributed by atoms with van der Waals surface area (Å²) >= 11 is 1.55. The molecule has 0 unspecified atom stereocenters. The van der Waals surface area contributed by atoms with Gasteiger partial charge in [0.25, 0.3) is 0 Å². The van der Waals surface area contributed by atoms with Gasteiger partial charge >= 0.3 is 5.56 Å². The van der Waals surface area contributed by atoms with E-state index in [0.717, 1.165) is 70.0 Å². The topological polar surface area (TPSA) is 66.7 Å². The molecule has 0 N–H and O–H groups in total. The number of para-hydroxylation sites is 1. The normalized spacial score (nSPS) is 18.5. The molecule has 0 amide bonds. The third kappa shape index (κ3) is 5.10. The predicted molar refractivity (Wildman–Crippen MR) is 131 cm³/mol. The molecule has 2 saturated heterocycles. The molecule has 1 aromatic carbocycles. The Balaban J connectivity index is 1.39. The monoisotopic (exact) mass is 466 g/mol. The van der Waals surface area contributed by atoms with E-state index in [4.69, 9.17) is 4.74 Å². The van der Waals surface area contributed by atoms with Crippen LogP contribution in [-0.4, -0.2) is 76.4 Å². The van der Waals surface area contributed by atoms with Crippen molar-refractivity contribution in [3.63, 3.8) is 0 Å². The SMILES string of the molecule is CN1CCC(Oc2c(N3CCN(Cc4ccns4)CC3)cnn(-c3ccccc3)c2=O)CC1. The number of aromatic nitrogens is 3. The third-order valence-electron chi connectivity index (χ3n) is 6.45. The lowest BCUT2D eigenvalue weighted by molar-refractivity contribution is 0.112. The molecule has 0 spiro atoms.